The van der Waals surface area contributed by atoms with Gasteiger partial charge in [-0.2, -0.15) is 13.2 Å². The van der Waals surface area contributed by atoms with Crippen molar-refractivity contribution in [1.29, 1.82) is 0 Å². The van der Waals surface area contributed by atoms with E-state index in [2.05, 4.69) is 29.4 Å². The summed E-state index contributed by atoms with van der Waals surface area (Å²) in [4.78, 5) is 27.6. The molecule has 2 aromatic carbocycles. The van der Waals surface area contributed by atoms with Crippen LogP contribution in [0, 0.1) is 5.92 Å². The standard InChI is InChI=1S/C29H38F3N3O4S/c1-5-20-9-12-25(13-10-20)40(38,39)18-22-16-24(35(4)19(2)3)11-14-26(22)34-27(36)17-33-28(37)21-7-6-8-23(15-21)29(30,31)32/h6-10,12-13,15,19,22,24,26H,5,11,14,16-18H2,1-4H3,(H,33,37)(H,34,36)/t22-,24+,26-/m0/s1. The number of amides is 2. The molecule has 1 saturated carbocycles. The van der Waals surface area contributed by atoms with Gasteiger partial charge in [-0.25, -0.2) is 8.42 Å². The summed E-state index contributed by atoms with van der Waals surface area (Å²) in [6.45, 7) is 5.69. The molecule has 2 amide bonds. The van der Waals surface area contributed by atoms with E-state index in [1.807, 2.05) is 14.0 Å². The largest absolute Gasteiger partial charge is 0.416 e. The van der Waals surface area contributed by atoms with Crippen molar-refractivity contribution in [3.8, 4) is 0 Å². The van der Waals surface area contributed by atoms with Gasteiger partial charge in [-0.3, -0.25) is 9.59 Å². The van der Waals surface area contributed by atoms with Gasteiger partial charge in [0.1, 0.15) is 0 Å². The highest BCUT2D eigenvalue weighted by atomic mass is 32.2. The Kier molecular flexibility index (Phi) is 10.4. The quantitative estimate of drug-likeness (QED) is 0.432. The van der Waals surface area contributed by atoms with Gasteiger partial charge in [-0.15, -0.1) is 0 Å². The highest BCUT2D eigenvalue weighted by Crippen LogP contribution is 2.32. The molecule has 1 aliphatic carbocycles. The molecule has 0 bridgehead atoms. The van der Waals surface area contributed by atoms with E-state index in [9.17, 15) is 31.2 Å². The first-order valence-corrected chi connectivity index (χ1v) is 15.1. The number of hydrogen-bond donors (Lipinski definition) is 2. The van der Waals surface area contributed by atoms with Crippen molar-refractivity contribution in [3.63, 3.8) is 0 Å². The van der Waals surface area contributed by atoms with Crippen LogP contribution in [-0.2, 0) is 27.2 Å². The van der Waals surface area contributed by atoms with Gasteiger partial charge in [0.15, 0.2) is 9.84 Å². The van der Waals surface area contributed by atoms with Gasteiger partial charge in [-0.1, -0.05) is 25.1 Å². The van der Waals surface area contributed by atoms with Crippen molar-refractivity contribution < 1.29 is 31.2 Å². The monoisotopic (exact) mass is 581 g/mol. The minimum atomic E-state index is -4.59. The SMILES string of the molecule is CCc1ccc(S(=O)(=O)C[C@@H]2C[C@H](N(C)C(C)C)CC[C@@H]2NC(=O)CNC(=O)c2cccc(C(F)(F)F)c2)cc1. The summed E-state index contributed by atoms with van der Waals surface area (Å²) >= 11 is 0. The second-order valence-electron chi connectivity index (χ2n) is 10.7. The fraction of sp³-hybridized carbons (Fsp3) is 0.517. The molecular formula is C29H38F3N3O4S. The number of sulfone groups is 1. The third-order valence-corrected chi connectivity index (χ3v) is 9.53. The Bertz CT molecular complexity index is 1280. The number of halogens is 3. The first kappa shape index (κ1) is 31.6. The summed E-state index contributed by atoms with van der Waals surface area (Å²) in [6, 6.07) is 10.8. The van der Waals surface area contributed by atoms with E-state index in [1.165, 1.54) is 6.07 Å². The van der Waals surface area contributed by atoms with Crippen LogP contribution in [-0.4, -0.2) is 62.6 Å². The van der Waals surface area contributed by atoms with Crippen LogP contribution in [0.15, 0.2) is 53.4 Å². The minimum absolute atomic E-state index is 0.136. The number of benzene rings is 2. The number of hydrogen-bond acceptors (Lipinski definition) is 5. The molecule has 0 heterocycles. The van der Waals surface area contributed by atoms with E-state index in [0.717, 1.165) is 36.6 Å². The lowest BCUT2D eigenvalue weighted by molar-refractivity contribution is -0.137. The van der Waals surface area contributed by atoms with E-state index >= 15 is 0 Å². The Balaban J connectivity index is 1.70. The van der Waals surface area contributed by atoms with E-state index in [0.29, 0.717) is 12.8 Å². The number of rotatable bonds is 10. The molecule has 0 spiro atoms. The number of nitrogens with zero attached hydrogens (tertiary/aromatic N) is 1. The second kappa shape index (κ2) is 13.2. The molecule has 0 aromatic heterocycles. The number of alkyl halides is 3. The number of carbonyl (C=O) groups is 2. The Morgan fingerprint density at radius 3 is 2.35 bits per heavy atom. The Labute approximate surface area is 234 Å². The molecule has 2 aromatic rings. The molecule has 3 atom stereocenters. The number of carbonyl (C=O) groups excluding carboxylic acids is 2. The molecule has 0 aliphatic heterocycles. The zero-order valence-electron chi connectivity index (χ0n) is 23.3. The van der Waals surface area contributed by atoms with Crippen molar-refractivity contribution in [2.75, 3.05) is 19.3 Å². The van der Waals surface area contributed by atoms with Crippen molar-refractivity contribution in [2.45, 2.75) is 75.7 Å². The zero-order chi connectivity index (χ0) is 29.7. The Hall–Kier alpha value is -2.92. The predicted octanol–water partition coefficient (Wildman–Crippen LogP) is 4.47. The molecule has 1 fully saturated rings. The Morgan fingerprint density at radius 2 is 1.75 bits per heavy atom. The van der Waals surface area contributed by atoms with E-state index < -0.39 is 46.0 Å². The van der Waals surface area contributed by atoms with Crippen molar-refractivity contribution in [2.24, 2.45) is 5.92 Å². The van der Waals surface area contributed by atoms with Crippen molar-refractivity contribution in [3.05, 3.63) is 65.2 Å². The maximum absolute atomic E-state index is 13.3. The second-order valence-corrected chi connectivity index (χ2v) is 12.7. The minimum Gasteiger partial charge on any atom is -0.352 e. The lowest BCUT2D eigenvalue weighted by atomic mass is 9.81. The average molecular weight is 582 g/mol. The van der Waals surface area contributed by atoms with Crippen LogP contribution >= 0.6 is 0 Å². The van der Waals surface area contributed by atoms with Gasteiger partial charge < -0.3 is 15.5 Å². The topological polar surface area (TPSA) is 95.6 Å². The van der Waals surface area contributed by atoms with Gasteiger partial charge in [0.25, 0.3) is 5.91 Å². The van der Waals surface area contributed by atoms with Crippen LogP contribution < -0.4 is 10.6 Å². The van der Waals surface area contributed by atoms with Gasteiger partial charge in [-0.05, 0) is 88.4 Å². The summed E-state index contributed by atoms with van der Waals surface area (Å²) in [6.07, 6.45) is -1.90. The fourth-order valence-corrected chi connectivity index (χ4v) is 6.75. The van der Waals surface area contributed by atoms with Crippen LogP contribution in [0.3, 0.4) is 0 Å². The molecule has 40 heavy (non-hydrogen) atoms. The lowest BCUT2D eigenvalue weighted by Gasteiger charge is -2.41. The third kappa shape index (κ3) is 8.30. The summed E-state index contributed by atoms with van der Waals surface area (Å²) in [5.74, 6) is -1.84. The predicted molar refractivity (Wildman–Crippen MR) is 148 cm³/mol. The van der Waals surface area contributed by atoms with Gasteiger partial charge in [0.05, 0.1) is 22.8 Å². The number of aryl methyl sites for hydroxylation is 1. The molecular weight excluding hydrogens is 543 g/mol. The van der Waals surface area contributed by atoms with E-state index in [1.54, 1.807) is 24.3 Å². The smallest absolute Gasteiger partial charge is 0.352 e. The van der Waals surface area contributed by atoms with Crippen molar-refractivity contribution >= 4 is 21.7 Å². The normalized spacial score (nSPS) is 20.0. The maximum Gasteiger partial charge on any atom is 0.416 e. The summed E-state index contributed by atoms with van der Waals surface area (Å²) < 4.78 is 65.6. The molecule has 2 N–H and O–H groups in total. The van der Waals surface area contributed by atoms with Gasteiger partial charge in [0, 0.05) is 23.7 Å². The van der Waals surface area contributed by atoms with E-state index in [4.69, 9.17) is 0 Å². The summed E-state index contributed by atoms with van der Waals surface area (Å²) in [5, 5.41) is 5.24. The molecule has 3 rings (SSSR count). The molecule has 1 aliphatic rings. The van der Waals surface area contributed by atoms with Crippen LogP contribution in [0.1, 0.15) is 61.5 Å². The summed E-state index contributed by atoms with van der Waals surface area (Å²) in [7, 11) is -1.63. The van der Waals surface area contributed by atoms with Gasteiger partial charge in [0.2, 0.25) is 5.91 Å². The zero-order valence-corrected chi connectivity index (χ0v) is 24.1. The first-order chi connectivity index (χ1) is 18.7. The van der Waals surface area contributed by atoms with Crippen LogP contribution in [0.2, 0.25) is 0 Å². The van der Waals surface area contributed by atoms with Crippen LogP contribution in [0.4, 0.5) is 13.2 Å². The van der Waals surface area contributed by atoms with Crippen LogP contribution in [0.25, 0.3) is 0 Å². The fourth-order valence-electron chi connectivity index (χ4n) is 5.07. The maximum atomic E-state index is 13.3. The highest BCUT2D eigenvalue weighted by Gasteiger charge is 2.37. The molecule has 0 saturated heterocycles. The molecule has 7 nitrogen and oxygen atoms in total. The molecule has 0 unspecified atom stereocenters. The molecule has 11 heteroatoms. The lowest BCUT2D eigenvalue weighted by Crippen LogP contribution is -2.52. The van der Waals surface area contributed by atoms with Gasteiger partial charge >= 0.3 is 6.18 Å². The summed E-state index contributed by atoms with van der Waals surface area (Å²) in [5.41, 5.74) is -0.133. The third-order valence-electron chi connectivity index (χ3n) is 7.68. The Morgan fingerprint density at radius 1 is 1.07 bits per heavy atom. The van der Waals surface area contributed by atoms with Crippen molar-refractivity contribution in [1.82, 2.24) is 15.5 Å². The first-order valence-electron chi connectivity index (χ1n) is 13.5. The van der Waals surface area contributed by atoms with E-state index in [-0.39, 0.29) is 34.2 Å². The van der Waals surface area contributed by atoms with Crippen LogP contribution in [0.5, 0.6) is 0 Å². The molecule has 0 radical (unpaired) electrons. The highest BCUT2D eigenvalue weighted by molar-refractivity contribution is 7.91. The average Bonchev–Trinajstić information content (AvgIpc) is 2.91. The number of nitrogens with one attached hydrogen (secondary N) is 2. The molecule has 220 valence electrons.